The first-order valence-electron chi connectivity index (χ1n) is 6.95. The molecule has 1 aromatic carbocycles. The Hall–Kier alpha value is -1.68. The number of ketones is 2. The maximum absolute atomic E-state index is 11.7. The highest BCUT2D eigenvalue weighted by Gasteiger charge is 2.08. The number of nitrogens with zero attached hydrogens (tertiary/aromatic N) is 1. The van der Waals surface area contributed by atoms with Gasteiger partial charge in [-0.25, -0.2) is 0 Å². The van der Waals surface area contributed by atoms with Crippen molar-refractivity contribution in [2.75, 3.05) is 25.1 Å². The summed E-state index contributed by atoms with van der Waals surface area (Å²) in [5, 5.41) is 8.61. The molecule has 0 aliphatic heterocycles. The van der Waals surface area contributed by atoms with Gasteiger partial charge in [-0.2, -0.15) is 0 Å². The molecule has 0 aliphatic rings. The summed E-state index contributed by atoms with van der Waals surface area (Å²) >= 11 is 0. The Balaban J connectivity index is 2.30. The number of carbonyl (C=O) groups excluding carboxylic acids is 2. The van der Waals surface area contributed by atoms with Crippen LogP contribution in [0.3, 0.4) is 0 Å². The summed E-state index contributed by atoms with van der Waals surface area (Å²) < 4.78 is 0. The molecule has 0 radical (unpaired) electrons. The van der Waals surface area contributed by atoms with Gasteiger partial charge < -0.3 is 10.0 Å². The molecule has 0 heterocycles. The molecule has 0 unspecified atom stereocenters. The Morgan fingerprint density at radius 2 is 1.55 bits per heavy atom. The molecule has 20 heavy (non-hydrogen) atoms. The third-order valence-corrected chi connectivity index (χ3v) is 3.27. The molecule has 1 aromatic rings. The molecule has 0 bridgehead atoms. The fraction of sp³-hybridized carbons (Fsp3) is 0.500. The molecule has 0 spiro atoms. The lowest BCUT2D eigenvalue weighted by molar-refractivity contribution is -0.124. The number of rotatable bonds is 9. The van der Waals surface area contributed by atoms with Crippen LogP contribution in [0.2, 0.25) is 0 Å². The number of aryl methyl sites for hydroxylation is 1. The van der Waals surface area contributed by atoms with E-state index >= 15 is 0 Å². The number of aliphatic hydroxyl groups is 1. The lowest BCUT2D eigenvalue weighted by Crippen LogP contribution is -2.21. The average Bonchev–Trinajstić information content (AvgIpc) is 2.43. The number of hydrogen-bond donors (Lipinski definition) is 1. The summed E-state index contributed by atoms with van der Waals surface area (Å²) in [6, 6.07) is 8.15. The Morgan fingerprint density at radius 3 is 2.10 bits per heavy atom. The first kappa shape index (κ1) is 16.4. The second-order valence-electron chi connectivity index (χ2n) is 5.06. The van der Waals surface area contributed by atoms with E-state index in [9.17, 15) is 9.59 Å². The zero-order valence-electron chi connectivity index (χ0n) is 12.3. The lowest BCUT2D eigenvalue weighted by Gasteiger charge is -2.19. The summed E-state index contributed by atoms with van der Waals surface area (Å²) in [4.78, 5) is 25.0. The number of Topliss-reactive ketones (excluding diaryl/α,β-unsaturated/α-hetero) is 2. The van der Waals surface area contributed by atoms with E-state index < -0.39 is 0 Å². The zero-order valence-corrected chi connectivity index (χ0v) is 12.3. The van der Waals surface area contributed by atoms with Crippen molar-refractivity contribution in [3.63, 3.8) is 0 Å². The number of hydrogen-bond acceptors (Lipinski definition) is 4. The molecule has 0 saturated heterocycles. The minimum atomic E-state index is -0.136. The normalized spacial score (nSPS) is 10.3. The predicted octanol–water partition coefficient (Wildman–Crippen LogP) is 2.12. The van der Waals surface area contributed by atoms with Crippen LogP contribution in [0.5, 0.6) is 0 Å². The maximum atomic E-state index is 11.7. The summed E-state index contributed by atoms with van der Waals surface area (Å²) in [5.41, 5.74) is 2.29. The van der Waals surface area contributed by atoms with Gasteiger partial charge in [0.15, 0.2) is 0 Å². The zero-order chi connectivity index (χ0) is 15.0. The Morgan fingerprint density at radius 1 is 1.00 bits per heavy atom. The lowest BCUT2D eigenvalue weighted by atomic mass is 10.1. The largest absolute Gasteiger partial charge is 0.396 e. The van der Waals surface area contributed by atoms with E-state index in [0.717, 1.165) is 5.69 Å². The van der Waals surface area contributed by atoms with Gasteiger partial charge in [0.25, 0.3) is 0 Å². The fourth-order valence-corrected chi connectivity index (χ4v) is 1.87. The third kappa shape index (κ3) is 5.97. The molecule has 4 nitrogen and oxygen atoms in total. The molecule has 0 aliphatic carbocycles. The van der Waals surface area contributed by atoms with Crippen molar-refractivity contribution < 1.29 is 14.7 Å². The van der Waals surface area contributed by atoms with Gasteiger partial charge in [-0.3, -0.25) is 9.59 Å². The van der Waals surface area contributed by atoms with E-state index in [4.69, 9.17) is 5.11 Å². The number of benzene rings is 1. The maximum Gasteiger partial charge on any atom is 0.135 e. The van der Waals surface area contributed by atoms with Gasteiger partial charge in [0.05, 0.1) is 0 Å². The number of aliphatic hydroxyl groups excluding tert-OH is 1. The second-order valence-corrected chi connectivity index (χ2v) is 5.06. The molecule has 0 fully saturated rings. The van der Waals surface area contributed by atoms with Crippen molar-refractivity contribution in [3.8, 4) is 0 Å². The van der Waals surface area contributed by atoms with Crippen LogP contribution in [0.4, 0.5) is 5.69 Å². The van der Waals surface area contributed by atoms with Crippen LogP contribution >= 0.6 is 0 Å². The molecule has 1 rings (SSSR count). The van der Waals surface area contributed by atoms with Gasteiger partial charge in [-0.15, -0.1) is 0 Å². The SMILES string of the molecule is Cc1ccc(N(C)CCC(=O)CCC(=O)CCO)cc1. The first-order valence-corrected chi connectivity index (χ1v) is 6.95. The standard InChI is InChI=1S/C16H23NO3/c1-13-3-5-14(6-4-13)17(2)11-9-15(19)7-8-16(20)10-12-18/h3-6,18H,7-12H2,1-2H3. The minimum absolute atomic E-state index is 0.0484. The van der Waals surface area contributed by atoms with Crippen LogP contribution in [-0.4, -0.2) is 36.9 Å². The van der Waals surface area contributed by atoms with E-state index in [1.54, 1.807) is 0 Å². The van der Waals surface area contributed by atoms with Gasteiger partial charge in [0.1, 0.15) is 11.6 Å². The first-order chi connectivity index (χ1) is 9.52. The molecular weight excluding hydrogens is 254 g/mol. The molecule has 4 heteroatoms. The van der Waals surface area contributed by atoms with Crippen LogP contribution in [0, 0.1) is 6.92 Å². The van der Waals surface area contributed by atoms with Crippen molar-refractivity contribution >= 4 is 17.3 Å². The fourth-order valence-electron chi connectivity index (χ4n) is 1.87. The average molecular weight is 277 g/mol. The van der Waals surface area contributed by atoms with Crippen molar-refractivity contribution in [1.82, 2.24) is 0 Å². The molecule has 0 amide bonds. The van der Waals surface area contributed by atoms with Crippen molar-refractivity contribution in [2.45, 2.75) is 32.6 Å². The summed E-state index contributed by atoms with van der Waals surface area (Å²) in [6.07, 6.45) is 1.11. The van der Waals surface area contributed by atoms with Gasteiger partial charge in [-0.05, 0) is 19.1 Å². The summed E-state index contributed by atoms with van der Waals surface area (Å²) in [7, 11) is 1.95. The van der Waals surface area contributed by atoms with Crippen LogP contribution < -0.4 is 4.90 Å². The van der Waals surface area contributed by atoms with Crippen molar-refractivity contribution in [2.24, 2.45) is 0 Å². The number of anilines is 1. The third-order valence-electron chi connectivity index (χ3n) is 3.27. The van der Waals surface area contributed by atoms with Gasteiger partial charge >= 0.3 is 0 Å². The topological polar surface area (TPSA) is 57.6 Å². The van der Waals surface area contributed by atoms with Crippen LogP contribution in [-0.2, 0) is 9.59 Å². The Kier molecular flexibility index (Phi) is 6.94. The van der Waals surface area contributed by atoms with Crippen molar-refractivity contribution in [1.29, 1.82) is 0 Å². The van der Waals surface area contributed by atoms with Gasteiger partial charge in [-0.1, -0.05) is 17.7 Å². The van der Waals surface area contributed by atoms with Gasteiger partial charge in [0.2, 0.25) is 0 Å². The predicted molar refractivity (Wildman–Crippen MR) is 80.0 cm³/mol. The minimum Gasteiger partial charge on any atom is -0.396 e. The van der Waals surface area contributed by atoms with E-state index in [1.165, 1.54) is 5.56 Å². The monoisotopic (exact) mass is 277 g/mol. The summed E-state index contributed by atoms with van der Waals surface area (Å²) in [6.45, 7) is 2.55. The van der Waals surface area contributed by atoms with Gasteiger partial charge in [0, 0.05) is 51.6 Å². The highest BCUT2D eigenvalue weighted by Crippen LogP contribution is 2.13. The molecular formula is C16H23NO3. The van der Waals surface area contributed by atoms with E-state index in [0.29, 0.717) is 13.0 Å². The van der Waals surface area contributed by atoms with E-state index in [1.807, 2.05) is 43.1 Å². The van der Waals surface area contributed by atoms with Crippen LogP contribution in [0.1, 0.15) is 31.2 Å². The molecule has 110 valence electrons. The molecule has 0 aromatic heterocycles. The van der Waals surface area contributed by atoms with Crippen LogP contribution in [0.15, 0.2) is 24.3 Å². The highest BCUT2D eigenvalue weighted by molar-refractivity contribution is 5.86. The second kappa shape index (κ2) is 8.48. The van der Waals surface area contributed by atoms with E-state index in [-0.39, 0.29) is 37.4 Å². The summed E-state index contributed by atoms with van der Waals surface area (Å²) in [5.74, 6) is 0.0444. The Bertz CT molecular complexity index is 440. The molecule has 1 N–H and O–H groups in total. The highest BCUT2D eigenvalue weighted by atomic mass is 16.3. The molecule has 0 atom stereocenters. The van der Waals surface area contributed by atoms with Crippen LogP contribution in [0.25, 0.3) is 0 Å². The quantitative estimate of drug-likeness (QED) is 0.751. The number of carbonyl (C=O) groups is 2. The molecule has 0 saturated carbocycles. The van der Waals surface area contributed by atoms with Crippen molar-refractivity contribution in [3.05, 3.63) is 29.8 Å². The smallest absolute Gasteiger partial charge is 0.135 e. The Labute approximate surface area is 120 Å². The van der Waals surface area contributed by atoms with E-state index in [2.05, 4.69) is 0 Å².